The van der Waals surface area contributed by atoms with Gasteiger partial charge < -0.3 is 14.4 Å². The summed E-state index contributed by atoms with van der Waals surface area (Å²) in [6.07, 6.45) is 0. The van der Waals surface area contributed by atoms with Gasteiger partial charge in [-0.05, 0) is 119 Å². The second-order valence-corrected chi connectivity index (χ2v) is 12.7. The van der Waals surface area contributed by atoms with Crippen LogP contribution >= 0.6 is 0 Å². The normalized spacial score (nSPS) is 13.6. The summed E-state index contributed by atoms with van der Waals surface area (Å²) in [7, 11) is 0. The highest BCUT2D eigenvalue weighted by molar-refractivity contribution is 6.10. The predicted octanol–water partition coefficient (Wildman–Crippen LogP) is 13.4. The van der Waals surface area contributed by atoms with Crippen LogP contribution in [-0.4, -0.2) is 4.57 Å². The fourth-order valence-corrected chi connectivity index (χ4v) is 7.46. The van der Waals surface area contributed by atoms with Crippen LogP contribution in [0.3, 0.4) is 0 Å². The van der Waals surface area contributed by atoms with E-state index < -0.39 is 6.04 Å². The third-order valence-corrected chi connectivity index (χ3v) is 9.72. The first-order valence-electron chi connectivity index (χ1n) is 19.5. The Morgan fingerprint density at radius 1 is 0.314 bits per heavy atom. The summed E-state index contributed by atoms with van der Waals surface area (Å²) >= 11 is 0. The lowest BCUT2D eigenvalue weighted by Crippen LogP contribution is -2.11. The minimum atomic E-state index is -0.423. The molecule has 8 bridgehead atoms. The number of rotatable bonds is 3. The Kier molecular flexibility index (Phi) is 5.69. The molecule has 1 aliphatic rings. The number of nitrogens with zero attached hydrogens (tertiary/aromatic N) is 3. The lowest BCUT2D eigenvalue weighted by atomic mass is 10.00. The summed E-state index contributed by atoms with van der Waals surface area (Å²) in [5, 5.41) is 2.33. The number of fused-ring (bicyclic) bond motifs is 13. The Bertz CT molecular complexity index is 2890. The average molecular weight is 657 g/mol. The van der Waals surface area contributed by atoms with Crippen LogP contribution in [0, 0.1) is 0 Å². The van der Waals surface area contributed by atoms with Crippen molar-refractivity contribution in [2.45, 2.75) is 0 Å². The quantitative estimate of drug-likeness (QED) is 0.187. The number of hydrogen-bond acceptors (Lipinski definition) is 2. The number of anilines is 6. The molecule has 3 nitrogen and oxygen atoms in total. The third kappa shape index (κ3) is 4.98. The van der Waals surface area contributed by atoms with Gasteiger partial charge in [-0.3, -0.25) is 0 Å². The maximum Gasteiger partial charge on any atom is 0.0645 e. The van der Waals surface area contributed by atoms with E-state index in [1.54, 1.807) is 4.90 Å². The Hall–Kier alpha value is -6.84. The van der Waals surface area contributed by atoms with E-state index in [4.69, 9.17) is 6.85 Å². The smallest absolute Gasteiger partial charge is 0.0645 e. The van der Waals surface area contributed by atoms with E-state index in [2.05, 4.69) is 125 Å². The molecule has 10 rings (SSSR count). The summed E-state index contributed by atoms with van der Waals surface area (Å²) < 4.78 is 45.5. The lowest BCUT2D eigenvalue weighted by molar-refractivity contribution is 1.18. The van der Waals surface area contributed by atoms with Gasteiger partial charge >= 0.3 is 0 Å². The molecule has 0 spiro atoms. The molecule has 8 aromatic carbocycles. The molecule has 51 heavy (non-hydrogen) atoms. The van der Waals surface area contributed by atoms with Gasteiger partial charge in [-0.2, -0.15) is 0 Å². The molecule has 9 aromatic rings. The zero-order chi connectivity index (χ0) is 38.1. The van der Waals surface area contributed by atoms with Crippen molar-refractivity contribution in [1.29, 1.82) is 0 Å². The summed E-state index contributed by atoms with van der Waals surface area (Å²) in [4.78, 5) is 4.08. The molecule has 0 aliphatic carbocycles. The molecule has 0 fully saturated rings. The Balaban J connectivity index is 1.22. The molecular formula is C48H33N3. The predicted molar refractivity (Wildman–Crippen MR) is 215 cm³/mol. The van der Waals surface area contributed by atoms with Crippen molar-refractivity contribution < 1.29 is 6.85 Å². The Labute approximate surface area is 304 Å². The standard InChI is InChI=1S/C48H33N3/c1-3-17-38(18-4-1)49-40-21-9-13-34(29-40)36-15-11-23-42(31-36)50(43-24-12-16-37(32-43)35-14-10-22-41(49)30-35)44-27-28-48-46(33-44)45-25-7-8-26-47(45)51(48)39-19-5-2-6-20-39/h1-33H/i1D,3D,4D,17D,18D. The summed E-state index contributed by atoms with van der Waals surface area (Å²) in [6, 6.07) is 56.8. The zero-order valence-electron chi connectivity index (χ0n) is 32.5. The lowest BCUT2D eigenvalue weighted by Gasteiger charge is -2.28. The highest BCUT2D eigenvalue weighted by Crippen LogP contribution is 2.43. The van der Waals surface area contributed by atoms with E-state index in [0.717, 1.165) is 61.4 Å². The molecule has 1 aliphatic heterocycles. The number of hydrogen-bond donors (Lipinski definition) is 0. The highest BCUT2D eigenvalue weighted by atomic mass is 15.1. The Morgan fingerprint density at radius 3 is 1.33 bits per heavy atom. The first-order chi connectivity index (χ1) is 27.4. The van der Waals surface area contributed by atoms with Crippen molar-refractivity contribution >= 4 is 55.9 Å². The van der Waals surface area contributed by atoms with E-state index in [1.807, 2.05) is 54.6 Å². The SMILES string of the molecule is [2H]c1c([2H])c([2H])c(N2c3cccc(c3)-c3cccc(c3)N(c3ccc4c(c3)c3ccccc3n4-c3ccccc3)c3cccc(c3)-c3cccc2c3)c([2H])c1[2H]. The van der Waals surface area contributed by atoms with Crippen LogP contribution in [0.25, 0.3) is 49.7 Å². The zero-order valence-corrected chi connectivity index (χ0v) is 27.5. The van der Waals surface area contributed by atoms with E-state index in [0.29, 0.717) is 11.4 Å². The van der Waals surface area contributed by atoms with Crippen LogP contribution in [0.2, 0.25) is 0 Å². The molecule has 0 amide bonds. The van der Waals surface area contributed by atoms with Crippen LogP contribution in [0.4, 0.5) is 34.1 Å². The molecule has 1 aromatic heterocycles. The second-order valence-electron chi connectivity index (χ2n) is 12.7. The molecule has 3 heteroatoms. The summed E-state index contributed by atoms with van der Waals surface area (Å²) in [5.74, 6) is 0. The van der Waals surface area contributed by atoms with Gasteiger partial charge in [-0.15, -0.1) is 0 Å². The molecule has 0 unspecified atom stereocenters. The van der Waals surface area contributed by atoms with Gasteiger partial charge in [0, 0.05) is 50.6 Å². The van der Waals surface area contributed by atoms with Crippen molar-refractivity contribution in [2.75, 3.05) is 9.80 Å². The van der Waals surface area contributed by atoms with Crippen LogP contribution in [0.15, 0.2) is 200 Å². The molecule has 0 saturated heterocycles. The van der Waals surface area contributed by atoms with Gasteiger partial charge in [0.2, 0.25) is 0 Å². The number of aromatic nitrogens is 1. The molecule has 240 valence electrons. The van der Waals surface area contributed by atoms with Crippen molar-refractivity contribution in [2.24, 2.45) is 0 Å². The minimum absolute atomic E-state index is 0.0927. The highest BCUT2D eigenvalue weighted by Gasteiger charge is 2.20. The van der Waals surface area contributed by atoms with Gasteiger partial charge in [0.05, 0.1) is 17.9 Å². The number of benzene rings is 8. The minimum Gasteiger partial charge on any atom is -0.310 e. The van der Waals surface area contributed by atoms with Crippen molar-refractivity contribution in [3.8, 4) is 27.9 Å². The van der Waals surface area contributed by atoms with E-state index in [-0.39, 0.29) is 29.9 Å². The fraction of sp³-hybridized carbons (Fsp3) is 0. The molecular weight excluding hydrogens is 619 g/mol. The van der Waals surface area contributed by atoms with Crippen molar-refractivity contribution in [3.63, 3.8) is 0 Å². The fourth-order valence-electron chi connectivity index (χ4n) is 7.46. The van der Waals surface area contributed by atoms with Crippen LogP contribution in [0.1, 0.15) is 6.85 Å². The molecule has 0 N–H and O–H groups in total. The monoisotopic (exact) mass is 656 g/mol. The summed E-state index contributed by atoms with van der Waals surface area (Å²) in [5.41, 5.74) is 11.6. The van der Waals surface area contributed by atoms with Gasteiger partial charge in [0.15, 0.2) is 0 Å². The average Bonchev–Trinajstić information content (AvgIpc) is 3.58. The maximum atomic E-state index is 8.96. The summed E-state index contributed by atoms with van der Waals surface area (Å²) in [6.45, 7) is 0. The molecule has 0 radical (unpaired) electrons. The van der Waals surface area contributed by atoms with E-state index in [1.165, 1.54) is 5.39 Å². The van der Waals surface area contributed by atoms with Crippen molar-refractivity contribution in [1.82, 2.24) is 4.57 Å². The van der Waals surface area contributed by atoms with Gasteiger partial charge in [-0.25, -0.2) is 0 Å². The first-order valence-corrected chi connectivity index (χ1v) is 17.0. The largest absolute Gasteiger partial charge is 0.310 e. The first kappa shape index (κ1) is 24.3. The number of para-hydroxylation sites is 3. The van der Waals surface area contributed by atoms with E-state index >= 15 is 0 Å². The van der Waals surface area contributed by atoms with Crippen molar-refractivity contribution in [3.05, 3.63) is 200 Å². The Morgan fingerprint density at radius 2 is 0.765 bits per heavy atom. The van der Waals surface area contributed by atoms with Gasteiger partial charge in [-0.1, -0.05) is 103 Å². The third-order valence-electron chi connectivity index (χ3n) is 9.72. The molecule has 0 saturated carbocycles. The topological polar surface area (TPSA) is 11.4 Å². The molecule has 2 heterocycles. The second kappa shape index (κ2) is 11.9. The van der Waals surface area contributed by atoms with Gasteiger partial charge in [0.25, 0.3) is 0 Å². The van der Waals surface area contributed by atoms with Crippen LogP contribution < -0.4 is 9.80 Å². The van der Waals surface area contributed by atoms with E-state index in [9.17, 15) is 0 Å². The van der Waals surface area contributed by atoms with Gasteiger partial charge in [0.1, 0.15) is 0 Å². The molecule has 0 atom stereocenters. The van der Waals surface area contributed by atoms with Crippen LogP contribution in [0.5, 0.6) is 0 Å². The van der Waals surface area contributed by atoms with Crippen LogP contribution in [-0.2, 0) is 0 Å². The maximum absolute atomic E-state index is 8.96.